The van der Waals surface area contributed by atoms with Crippen LogP contribution in [-0.4, -0.2) is 27.4 Å². The minimum atomic E-state index is -0.984. The second kappa shape index (κ2) is 4.55. The van der Waals surface area contributed by atoms with Gasteiger partial charge in [-0.2, -0.15) is 5.26 Å². The highest BCUT2D eigenvalue weighted by Crippen LogP contribution is 2.12. The number of aromatic nitrogens is 3. The zero-order chi connectivity index (χ0) is 11.3. The lowest BCUT2D eigenvalue weighted by molar-refractivity contribution is -0.126. The SMILES string of the molecule is CC(C)(C#N)C(=O)NCCn1ccnn1. The third-order valence-electron chi connectivity index (χ3n) is 1.95. The Morgan fingerprint density at radius 2 is 2.40 bits per heavy atom. The average Bonchev–Trinajstić information content (AvgIpc) is 2.70. The molecule has 0 aliphatic rings. The standard InChI is InChI=1S/C9H13N5O/c1-9(2,7-10)8(15)11-3-5-14-6-4-12-13-14/h4,6H,3,5H2,1-2H3,(H,11,15). The first-order valence-corrected chi connectivity index (χ1v) is 4.60. The number of nitrogens with one attached hydrogen (secondary N) is 1. The third-order valence-corrected chi connectivity index (χ3v) is 1.95. The number of hydrogen-bond acceptors (Lipinski definition) is 4. The smallest absolute Gasteiger partial charge is 0.239 e. The van der Waals surface area contributed by atoms with E-state index in [-0.39, 0.29) is 5.91 Å². The topological polar surface area (TPSA) is 83.6 Å². The highest BCUT2D eigenvalue weighted by molar-refractivity contribution is 5.84. The molecule has 1 aromatic heterocycles. The van der Waals surface area contributed by atoms with Crippen molar-refractivity contribution in [1.29, 1.82) is 5.26 Å². The van der Waals surface area contributed by atoms with Gasteiger partial charge in [-0.1, -0.05) is 5.21 Å². The number of carbonyl (C=O) groups is 1. The predicted molar refractivity (Wildman–Crippen MR) is 52.4 cm³/mol. The van der Waals surface area contributed by atoms with Crippen LogP contribution in [0.5, 0.6) is 0 Å². The van der Waals surface area contributed by atoms with Crippen LogP contribution in [0.1, 0.15) is 13.8 Å². The lowest BCUT2D eigenvalue weighted by atomic mass is 9.95. The molecule has 0 radical (unpaired) electrons. The van der Waals surface area contributed by atoms with Gasteiger partial charge in [-0.15, -0.1) is 5.10 Å². The molecule has 80 valence electrons. The molecule has 15 heavy (non-hydrogen) atoms. The molecule has 0 unspecified atom stereocenters. The lowest BCUT2D eigenvalue weighted by Gasteiger charge is -2.14. The van der Waals surface area contributed by atoms with Crippen LogP contribution in [-0.2, 0) is 11.3 Å². The van der Waals surface area contributed by atoms with Gasteiger partial charge in [0.1, 0.15) is 5.41 Å². The molecule has 0 saturated heterocycles. The number of rotatable bonds is 4. The Morgan fingerprint density at radius 1 is 1.67 bits per heavy atom. The van der Waals surface area contributed by atoms with E-state index in [0.29, 0.717) is 13.1 Å². The molecule has 0 bridgehead atoms. The summed E-state index contributed by atoms with van der Waals surface area (Å²) in [5, 5.41) is 18.8. The Labute approximate surface area is 87.9 Å². The summed E-state index contributed by atoms with van der Waals surface area (Å²) in [6.07, 6.45) is 3.28. The van der Waals surface area contributed by atoms with Gasteiger partial charge in [-0.25, -0.2) is 0 Å². The van der Waals surface area contributed by atoms with Crippen LogP contribution in [0.25, 0.3) is 0 Å². The van der Waals surface area contributed by atoms with Gasteiger partial charge >= 0.3 is 0 Å². The minimum absolute atomic E-state index is 0.273. The Bertz CT molecular complexity index is 362. The van der Waals surface area contributed by atoms with Gasteiger partial charge in [0, 0.05) is 12.7 Å². The van der Waals surface area contributed by atoms with Gasteiger partial charge in [0.15, 0.2) is 0 Å². The molecule has 0 atom stereocenters. The Hall–Kier alpha value is -1.90. The van der Waals surface area contributed by atoms with Gasteiger partial charge in [0.2, 0.25) is 5.91 Å². The average molecular weight is 207 g/mol. The molecule has 0 spiro atoms. The molecule has 0 saturated carbocycles. The maximum Gasteiger partial charge on any atom is 0.239 e. The number of nitriles is 1. The van der Waals surface area contributed by atoms with E-state index in [2.05, 4.69) is 15.6 Å². The molecule has 0 fully saturated rings. The Kier molecular flexibility index (Phi) is 3.39. The predicted octanol–water partition coefficient (Wildman–Crippen LogP) is -0.0559. The van der Waals surface area contributed by atoms with Crippen molar-refractivity contribution in [3.8, 4) is 6.07 Å². The van der Waals surface area contributed by atoms with Crippen molar-refractivity contribution in [2.24, 2.45) is 5.41 Å². The van der Waals surface area contributed by atoms with Gasteiger partial charge in [0.25, 0.3) is 0 Å². The monoisotopic (exact) mass is 207 g/mol. The summed E-state index contributed by atoms with van der Waals surface area (Å²) in [7, 11) is 0. The summed E-state index contributed by atoms with van der Waals surface area (Å²) in [5.41, 5.74) is -0.984. The summed E-state index contributed by atoms with van der Waals surface area (Å²) in [4.78, 5) is 11.4. The van der Waals surface area contributed by atoms with E-state index in [1.807, 2.05) is 6.07 Å². The molecule has 1 N–H and O–H groups in total. The number of carbonyl (C=O) groups excluding carboxylic acids is 1. The second-order valence-electron chi connectivity index (χ2n) is 3.66. The van der Waals surface area contributed by atoms with Gasteiger partial charge in [0.05, 0.1) is 18.8 Å². The molecule has 6 heteroatoms. The van der Waals surface area contributed by atoms with E-state index in [1.54, 1.807) is 30.9 Å². The molecule has 1 amide bonds. The fraction of sp³-hybridized carbons (Fsp3) is 0.556. The maximum absolute atomic E-state index is 11.4. The first-order valence-electron chi connectivity index (χ1n) is 4.60. The quantitative estimate of drug-likeness (QED) is 0.749. The summed E-state index contributed by atoms with van der Waals surface area (Å²) >= 11 is 0. The van der Waals surface area contributed by atoms with Crippen LogP contribution >= 0.6 is 0 Å². The molecule has 0 aliphatic carbocycles. The largest absolute Gasteiger partial charge is 0.353 e. The molecular weight excluding hydrogens is 194 g/mol. The Balaban J connectivity index is 2.33. The van der Waals surface area contributed by atoms with Gasteiger partial charge < -0.3 is 5.32 Å². The van der Waals surface area contributed by atoms with Crippen LogP contribution in [0.3, 0.4) is 0 Å². The molecule has 0 aliphatic heterocycles. The van der Waals surface area contributed by atoms with Crippen molar-refractivity contribution in [2.75, 3.05) is 6.54 Å². The molecule has 1 rings (SSSR count). The molecule has 0 aromatic carbocycles. The van der Waals surface area contributed by atoms with Crippen molar-refractivity contribution >= 4 is 5.91 Å². The second-order valence-corrected chi connectivity index (χ2v) is 3.66. The number of hydrogen-bond donors (Lipinski definition) is 1. The fourth-order valence-corrected chi connectivity index (χ4v) is 0.908. The van der Waals surface area contributed by atoms with Crippen LogP contribution in [0, 0.1) is 16.7 Å². The van der Waals surface area contributed by atoms with E-state index in [1.165, 1.54) is 0 Å². The molecule has 1 heterocycles. The Morgan fingerprint density at radius 3 is 2.93 bits per heavy atom. The van der Waals surface area contributed by atoms with Gasteiger partial charge in [-0.05, 0) is 13.8 Å². The van der Waals surface area contributed by atoms with Crippen LogP contribution in [0.4, 0.5) is 0 Å². The molecule has 6 nitrogen and oxygen atoms in total. The van der Waals surface area contributed by atoms with Crippen molar-refractivity contribution in [3.05, 3.63) is 12.4 Å². The van der Waals surface area contributed by atoms with E-state index in [4.69, 9.17) is 5.26 Å². The van der Waals surface area contributed by atoms with E-state index in [9.17, 15) is 4.79 Å². The highest BCUT2D eigenvalue weighted by Gasteiger charge is 2.26. The maximum atomic E-state index is 11.4. The zero-order valence-corrected chi connectivity index (χ0v) is 8.77. The van der Waals surface area contributed by atoms with Crippen molar-refractivity contribution in [2.45, 2.75) is 20.4 Å². The highest BCUT2D eigenvalue weighted by atomic mass is 16.2. The normalized spacial score (nSPS) is 10.7. The van der Waals surface area contributed by atoms with E-state index in [0.717, 1.165) is 0 Å². The van der Waals surface area contributed by atoms with Gasteiger partial charge in [-0.3, -0.25) is 9.48 Å². The van der Waals surface area contributed by atoms with Crippen LogP contribution in [0.2, 0.25) is 0 Å². The van der Waals surface area contributed by atoms with Crippen molar-refractivity contribution in [3.63, 3.8) is 0 Å². The van der Waals surface area contributed by atoms with Crippen molar-refractivity contribution in [1.82, 2.24) is 20.3 Å². The first-order chi connectivity index (χ1) is 7.06. The first kappa shape index (κ1) is 11.2. The zero-order valence-electron chi connectivity index (χ0n) is 8.77. The number of nitrogens with zero attached hydrogens (tertiary/aromatic N) is 4. The van der Waals surface area contributed by atoms with Crippen molar-refractivity contribution < 1.29 is 4.79 Å². The van der Waals surface area contributed by atoms with E-state index < -0.39 is 5.41 Å². The molecular formula is C9H13N5O. The summed E-state index contributed by atoms with van der Waals surface area (Å²) in [6, 6.07) is 1.94. The summed E-state index contributed by atoms with van der Waals surface area (Å²) < 4.78 is 1.61. The lowest BCUT2D eigenvalue weighted by Crippen LogP contribution is -2.37. The summed E-state index contributed by atoms with van der Waals surface area (Å²) in [6.45, 7) is 4.15. The fourth-order valence-electron chi connectivity index (χ4n) is 0.908. The number of amides is 1. The van der Waals surface area contributed by atoms with Crippen LogP contribution in [0.15, 0.2) is 12.4 Å². The van der Waals surface area contributed by atoms with Crippen LogP contribution < -0.4 is 5.32 Å². The van der Waals surface area contributed by atoms with E-state index >= 15 is 0 Å². The summed E-state index contributed by atoms with van der Waals surface area (Å²) in [5.74, 6) is -0.273. The molecule has 1 aromatic rings. The minimum Gasteiger partial charge on any atom is -0.353 e. The third kappa shape index (κ3) is 3.06.